The van der Waals surface area contributed by atoms with Crippen molar-refractivity contribution in [1.82, 2.24) is 10.6 Å². The van der Waals surface area contributed by atoms with E-state index in [0.29, 0.717) is 12.8 Å². The van der Waals surface area contributed by atoms with E-state index in [1.807, 2.05) is 6.08 Å². The highest BCUT2D eigenvalue weighted by Gasteiger charge is 2.60. The zero-order valence-corrected chi connectivity index (χ0v) is 53.6. The highest BCUT2D eigenvalue weighted by Crippen LogP contribution is 2.39. The standard InChI is InChI=1S/C65H120N2O21/c1-4-6-8-10-12-14-16-18-20-22-23-25-27-29-31-33-35-37-39-52(75)67-46(47(72)38-36-34-32-30-28-26-24-21-19-17-15-13-11-9-7-5-2)44-83-62-57(79)56(78)59(51(43-70)85-62)86-63-58(80)61(55(77)50(42-69)84-63)88-65(64(81)82)40-48(73)53(66-45(3)71)60(87-65)54(76)49(74)41-68/h36,38,46-51,53-63,68-70,72-74,76-80H,4-35,37,39-44H2,1-3H3,(H,66,71)(H,67,75)(H,81,82)/b38-36+. The lowest BCUT2D eigenvalue weighted by molar-refractivity contribution is -0.386. The van der Waals surface area contributed by atoms with E-state index in [4.69, 9.17) is 28.4 Å². The molecule has 0 saturated carbocycles. The molecule has 3 aliphatic rings. The zero-order chi connectivity index (χ0) is 64.7. The number of hydrogen-bond donors (Lipinski definition) is 14. The number of amides is 2. The van der Waals surface area contributed by atoms with E-state index in [0.717, 1.165) is 51.9 Å². The first-order valence-electron chi connectivity index (χ1n) is 34.1. The number of unbranched alkanes of at least 4 members (excludes halogenated alkanes) is 31. The lowest BCUT2D eigenvalue weighted by Gasteiger charge is -2.50. The Hall–Kier alpha value is -2.53. The number of aliphatic carboxylic acids is 1. The molecule has 2 amide bonds. The fourth-order valence-electron chi connectivity index (χ4n) is 12.0. The monoisotopic (exact) mass is 1260 g/mol. The van der Waals surface area contributed by atoms with E-state index < -0.39 is 155 Å². The number of rotatable bonds is 51. The van der Waals surface area contributed by atoms with E-state index in [2.05, 4.69) is 24.5 Å². The summed E-state index contributed by atoms with van der Waals surface area (Å²) in [6.07, 6.45) is 14.0. The number of allylic oxidation sites excluding steroid dienone is 1. The number of nitrogens with one attached hydrogen (secondary N) is 2. The molecule has 0 aromatic rings. The summed E-state index contributed by atoms with van der Waals surface area (Å²) in [7, 11) is 0. The van der Waals surface area contributed by atoms with Gasteiger partial charge in [-0.3, -0.25) is 9.59 Å². The Morgan fingerprint density at radius 3 is 1.51 bits per heavy atom. The van der Waals surface area contributed by atoms with Gasteiger partial charge in [0.15, 0.2) is 12.6 Å². The minimum Gasteiger partial charge on any atom is -0.477 e. The van der Waals surface area contributed by atoms with Crippen molar-refractivity contribution in [3.8, 4) is 0 Å². The zero-order valence-electron chi connectivity index (χ0n) is 53.6. The molecule has 3 rings (SSSR count). The van der Waals surface area contributed by atoms with Crippen LogP contribution in [0.4, 0.5) is 0 Å². The van der Waals surface area contributed by atoms with Gasteiger partial charge in [0.2, 0.25) is 11.8 Å². The highest BCUT2D eigenvalue weighted by atomic mass is 16.8. The molecule has 0 spiro atoms. The Balaban J connectivity index is 1.62. The normalized spacial score (nSPS) is 29.0. The van der Waals surface area contributed by atoms with Gasteiger partial charge in [0.25, 0.3) is 5.79 Å². The third-order valence-electron chi connectivity index (χ3n) is 17.5. The number of ether oxygens (including phenoxy) is 6. The molecular weight excluding hydrogens is 1140 g/mol. The summed E-state index contributed by atoms with van der Waals surface area (Å²) in [6, 6.07) is -2.61. The van der Waals surface area contributed by atoms with Gasteiger partial charge in [-0.25, -0.2) is 4.79 Å². The van der Waals surface area contributed by atoms with Crippen LogP contribution in [-0.4, -0.2) is 215 Å². The van der Waals surface area contributed by atoms with Crippen LogP contribution >= 0.6 is 0 Å². The second kappa shape index (κ2) is 46.5. The lowest BCUT2D eigenvalue weighted by Crippen LogP contribution is -2.70. The molecule has 0 aromatic carbocycles. The first kappa shape index (κ1) is 79.7. The molecule has 0 aromatic heterocycles. The Morgan fingerprint density at radius 2 is 1.06 bits per heavy atom. The number of carbonyl (C=O) groups is 3. The maximum atomic E-state index is 13.4. The summed E-state index contributed by atoms with van der Waals surface area (Å²) in [5.41, 5.74) is 0. The molecule has 3 saturated heterocycles. The van der Waals surface area contributed by atoms with E-state index in [1.54, 1.807) is 6.08 Å². The van der Waals surface area contributed by atoms with Crippen LogP contribution in [0.3, 0.4) is 0 Å². The Bertz CT molecular complexity index is 1840. The van der Waals surface area contributed by atoms with Gasteiger partial charge in [-0.05, 0) is 19.3 Å². The number of carboxylic acids is 1. The van der Waals surface area contributed by atoms with Crippen LogP contribution in [0.2, 0.25) is 0 Å². The smallest absolute Gasteiger partial charge is 0.364 e. The van der Waals surface area contributed by atoms with Crippen molar-refractivity contribution >= 4 is 17.8 Å². The second-order valence-electron chi connectivity index (χ2n) is 25.0. The van der Waals surface area contributed by atoms with Crippen molar-refractivity contribution < 1.29 is 104 Å². The highest BCUT2D eigenvalue weighted by molar-refractivity contribution is 5.77. The molecule has 14 N–H and O–H groups in total. The van der Waals surface area contributed by atoms with Crippen molar-refractivity contribution in [3.05, 3.63) is 12.2 Å². The molecule has 3 aliphatic heterocycles. The molecule has 3 fully saturated rings. The molecule has 3 heterocycles. The van der Waals surface area contributed by atoms with Crippen LogP contribution in [0.1, 0.15) is 245 Å². The van der Waals surface area contributed by atoms with E-state index in [-0.39, 0.29) is 12.3 Å². The molecular formula is C65H120N2O21. The molecule has 18 atom stereocenters. The average Bonchev–Trinajstić information content (AvgIpc) is 1.36. The van der Waals surface area contributed by atoms with Gasteiger partial charge in [0, 0.05) is 19.8 Å². The van der Waals surface area contributed by atoms with Gasteiger partial charge in [-0.2, -0.15) is 0 Å². The molecule has 0 bridgehead atoms. The first-order chi connectivity index (χ1) is 42.4. The molecule has 88 heavy (non-hydrogen) atoms. The summed E-state index contributed by atoms with van der Waals surface area (Å²) in [6.45, 7) is 2.14. The largest absolute Gasteiger partial charge is 0.477 e. The first-order valence-corrected chi connectivity index (χ1v) is 34.1. The van der Waals surface area contributed by atoms with E-state index in [1.165, 1.54) is 154 Å². The number of aliphatic hydroxyl groups is 11. The van der Waals surface area contributed by atoms with Crippen LogP contribution in [0, 0.1) is 0 Å². The Morgan fingerprint density at radius 1 is 0.591 bits per heavy atom. The maximum absolute atomic E-state index is 13.4. The SMILES string of the molecule is CCCCCCCCCCCCCCCC/C=C/C(O)C(COC1OC(CO)C(OC2OC(CO)C(O)C(OC3(C(=O)O)CC(O)C(NC(C)=O)C(C(O)C(O)CO)O3)C2O)C(O)C1O)NC(=O)CCCCCCCCCCCCCCCCCCCC. The van der Waals surface area contributed by atoms with Gasteiger partial charge >= 0.3 is 5.97 Å². The van der Waals surface area contributed by atoms with Crippen LogP contribution in [-0.2, 0) is 42.8 Å². The summed E-state index contributed by atoms with van der Waals surface area (Å²) in [4.78, 5) is 38.5. The van der Waals surface area contributed by atoms with Crippen molar-refractivity contribution in [2.45, 2.75) is 355 Å². The van der Waals surface area contributed by atoms with Crippen LogP contribution in [0.5, 0.6) is 0 Å². The summed E-state index contributed by atoms with van der Waals surface area (Å²) in [5.74, 6) is -6.14. The number of hydrogen-bond acceptors (Lipinski definition) is 20. The minimum atomic E-state index is -3.08. The molecule has 516 valence electrons. The number of aliphatic hydroxyl groups excluding tert-OH is 11. The molecule has 18 unspecified atom stereocenters. The third-order valence-corrected chi connectivity index (χ3v) is 17.5. The minimum absolute atomic E-state index is 0.205. The summed E-state index contributed by atoms with van der Waals surface area (Å²) in [5, 5.41) is 136. The predicted molar refractivity (Wildman–Crippen MR) is 329 cm³/mol. The van der Waals surface area contributed by atoms with Crippen molar-refractivity contribution in [1.29, 1.82) is 0 Å². The van der Waals surface area contributed by atoms with Gasteiger partial charge in [0.05, 0.1) is 50.7 Å². The molecule has 0 aliphatic carbocycles. The third kappa shape index (κ3) is 29.2. The van der Waals surface area contributed by atoms with Gasteiger partial charge < -0.3 is 100 Å². The molecule has 23 nitrogen and oxygen atoms in total. The number of carbonyl (C=O) groups excluding carboxylic acids is 2. The topological polar surface area (TPSA) is 373 Å². The molecule has 23 heteroatoms. The lowest BCUT2D eigenvalue weighted by atomic mass is 9.88. The summed E-state index contributed by atoms with van der Waals surface area (Å²) >= 11 is 0. The fourth-order valence-corrected chi connectivity index (χ4v) is 12.0. The van der Waals surface area contributed by atoms with Crippen LogP contribution < -0.4 is 10.6 Å². The molecule has 0 radical (unpaired) electrons. The second-order valence-corrected chi connectivity index (χ2v) is 25.0. The van der Waals surface area contributed by atoms with Gasteiger partial charge in [0.1, 0.15) is 67.1 Å². The van der Waals surface area contributed by atoms with Crippen LogP contribution in [0.15, 0.2) is 12.2 Å². The summed E-state index contributed by atoms with van der Waals surface area (Å²) < 4.78 is 34.8. The Kier molecular flexibility index (Phi) is 42.1. The van der Waals surface area contributed by atoms with Crippen LogP contribution in [0.25, 0.3) is 0 Å². The average molecular weight is 1270 g/mol. The fraction of sp³-hybridized carbons (Fsp3) is 0.923. The quantitative estimate of drug-likeness (QED) is 0.0264. The van der Waals surface area contributed by atoms with E-state index >= 15 is 0 Å². The van der Waals surface area contributed by atoms with Crippen molar-refractivity contribution in [3.63, 3.8) is 0 Å². The van der Waals surface area contributed by atoms with Crippen molar-refractivity contribution in [2.24, 2.45) is 0 Å². The van der Waals surface area contributed by atoms with Crippen molar-refractivity contribution in [2.75, 3.05) is 26.4 Å². The number of carboxylic acid groups (broad SMARTS) is 1. The van der Waals surface area contributed by atoms with E-state index in [9.17, 15) is 75.7 Å². The Labute approximate surface area is 524 Å². The van der Waals surface area contributed by atoms with Gasteiger partial charge in [-0.15, -0.1) is 0 Å². The van der Waals surface area contributed by atoms with Gasteiger partial charge in [-0.1, -0.05) is 219 Å². The predicted octanol–water partition coefficient (Wildman–Crippen LogP) is 5.51. The maximum Gasteiger partial charge on any atom is 0.364 e.